The quantitative estimate of drug-likeness (QED) is 0.696. The van der Waals surface area contributed by atoms with Gasteiger partial charge >= 0.3 is 5.24 Å². The summed E-state index contributed by atoms with van der Waals surface area (Å²) in [7, 11) is -3.92. The SMILES string of the molecule is CCCCCOc1ccc(CN2C(=O)S(=O)(=O)c3ccccc32)cc1. The molecule has 0 spiro atoms. The third-order valence-corrected chi connectivity index (χ3v) is 5.78. The molecule has 0 bridgehead atoms. The molecule has 1 heterocycles. The average Bonchev–Trinajstić information content (AvgIpc) is 2.81. The zero-order valence-electron chi connectivity index (χ0n) is 14.1. The number of sulfone groups is 1. The van der Waals surface area contributed by atoms with Crippen molar-refractivity contribution in [3.63, 3.8) is 0 Å². The number of nitrogens with zero attached hydrogens (tertiary/aromatic N) is 1. The molecule has 132 valence electrons. The van der Waals surface area contributed by atoms with Gasteiger partial charge in [-0.2, -0.15) is 0 Å². The topological polar surface area (TPSA) is 63.7 Å². The van der Waals surface area contributed by atoms with Gasteiger partial charge in [0.25, 0.3) is 9.84 Å². The number of rotatable bonds is 7. The second-order valence-corrected chi connectivity index (χ2v) is 7.82. The minimum Gasteiger partial charge on any atom is -0.494 e. The van der Waals surface area contributed by atoms with E-state index < -0.39 is 15.1 Å². The first kappa shape index (κ1) is 17.5. The second-order valence-electron chi connectivity index (χ2n) is 6.02. The molecule has 0 saturated carbocycles. The molecule has 0 N–H and O–H groups in total. The molecule has 0 fully saturated rings. The van der Waals surface area contributed by atoms with Crippen molar-refractivity contribution in [2.24, 2.45) is 0 Å². The Morgan fingerprint density at radius 2 is 1.72 bits per heavy atom. The normalized spacial score (nSPS) is 15.2. The summed E-state index contributed by atoms with van der Waals surface area (Å²) in [5.74, 6) is 0.778. The Morgan fingerprint density at radius 1 is 1.00 bits per heavy atom. The van der Waals surface area contributed by atoms with Crippen LogP contribution in [0.5, 0.6) is 5.75 Å². The average molecular weight is 359 g/mol. The summed E-state index contributed by atoms with van der Waals surface area (Å²) in [6, 6.07) is 13.9. The van der Waals surface area contributed by atoms with E-state index in [2.05, 4.69) is 6.92 Å². The molecule has 25 heavy (non-hydrogen) atoms. The Morgan fingerprint density at radius 3 is 2.44 bits per heavy atom. The fourth-order valence-electron chi connectivity index (χ4n) is 2.81. The summed E-state index contributed by atoms with van der Waals surface area (Å²) in [5, 5.41) is -0.867. The van der Waals surface area contributed by atoms with E-state index in [1.54, 1.807) is 18.2 Å². The van der Waals surface area contributed by atoms with E-state index in [-0.39, 0.29) is 11.4 Å². The van der Waals surface area contributed by atoms with Gasteiger partial charge in [0.05, 0.1) is 18.8 Å². The zero-order valence-corrected chi connectivity index (χ0v) is 15.0. The van der Waals surface area contributed by atoms with E-state index in [4.69, 9.17) is 4.74 Å². The molecule has 2 aromatic rings. The van der Waals surface area contributed by atoms with Crippen LogP contribution in [0.1, 0.15) is 31.7 Å². The fourth-order valence-corrected chi connectivity index (χ4v) is 4.16. The Labute approximate surface area is 148 Å². The van der Waals surface area contributed by atoms with E-state index in [0.717, 1.165) is 30.6 Å². The molecule has 6 heteroatoms. The Balaban J connectivity index is 1.72. The molecular formula is C19H21NO4S. The number of para-hydroxylation sites is 1. The number of ether oxygens (including phenoxy) is 1. The molecule has 0 aromatic heterocycles. The van der Waals surface area contributed by atoms with Crippen molar-refractivity contribution in [2.45, 2.75) is 37.6 Å². The number of carbonyl (C=O) groups is 1. The fraction of sp³-hybridized carbons (Fsp3) is 0.316. The highest BCUT2D eigenvalue weighted by Crippen LogP contribution is 2.36. The van der Waals surface area contributed by atoms with Gasteiger partial charge in [-0.25, -0.2) is 8.42 Å². The van der Waals surface area contributed by atoms with Crippen molar-refractivity contribution in [1.29, 1.82) is 0 Å². The van der Waals surface area contributed by atoms with Gasteiger partial charge < -0.3 is 4.74 Å². The molecule has 0 unspecified atom stereocenters. The van der Waals surface area contributed by atoms with Crippen LogP contribution >= 0.6 is 0 Å². The van der Waals surface area contributed by atoms with Gasteiger partial charge in [0.1, 0.15) is 10.6 Å². The van der Waals surface area contributed by atoms with Crippen molar-refractivity contribution in [3.8, 4) is 5.75 Å². The highest BCUT2D eigenvalue weighted by Gasteiger charge is 2.41. The van der Waals surface area contributed by atoms with Crippen LogP contribution in [0.3, 0.4) is 0 Å². The summed E-state index contributed by atoms with van der Waals surface area (Å²) in [4.78, 5) is 13.7. The van der Waals surface area contributed by atoms with Crippen LogP contribution in [0.2, 0.25) is 0 Å². The maximum absolute atomic E-state index is 12.3. The Hall–Kier alpha value is -2.34. The number of anilines is 1. The molecule has 0 aliphatic carbocycles. The van der Waals surface area contributed by atoms with E-state index >= 15 is 0 Å². The van der Waals surface area contributed by atoms with E-state index in [1.165, 1.54) is 11.0 Å². The molecule has 1 amide bonds. The monoisotopic (exact) mass is 359 g/mol. The summed E-state index contributed by atoms with van der Waals surface area (Å²) >= 11 is 0. The molecule has 0 atom stereocenters. The summed E-state index contributed by atoms with van der Waals surface area (Å²) in [6.45, 7) is 3.04. The summed E-state index contributed by atoms with van der Waals surface area (Å²) in [5.41, 5.74) is 1.29. The molecule has 5 nitrogen and oxygen atoms in total. The van der Waals surface area contributed by atoms with E-state index in [9.17, 15) is 13.2 Å². The van der Waals surface area contributed by atoms with Gasteiger partial charge in [-0.1, -0.05) is 44.0 Å². The molecule has 1 aliphatic rings. The predicted octanol–water partition coefficient (Wildman–Crippen LogP) is 4.17. The van der Waals surface area contributed by atoms with Crippen LogP contribution in [-0.2, 0) is 16.4 Å². The first-order valence-corrected chi connectivity index (χ1v) is 9.89. The molecule has 1 aliphatic heterocycles. The Kier molecular flexibility index (Phi) is 5.08. The lowest BCUT2D eigenvalue weighted by atomic mass is 10.2. The lowest BCUT2D eigenvalue weighted by molar-refractivity contribution is 0.263. The van der Waals surface area contributed by atoms with Gasteiger partial charge in [-0.05, 0) is 36.2 Å². The standard InChI is InChI=1S/C19H21NO4S/c1-2-3-6-13-24-16-11-9-15(10-12-16)14-20-17-7-4-5-8-18(17)25(22,23)19(20)21/h4-5,7-12H,2-3,6,13-14H2,1H3. The lowest BCUT2D eigenvalue weighted by Crippen LogP contribution is -2.27. The number of carbonyl (C=O) groups excluding carboxylic acids is 1. The molecular weight excluding hydrogens is 338 g/mol. The number of hydrogen-bond acceptors (Lipinski definition) is 4. The van der Waals surface area contributed by atoms with Crippen LogP contribution in [0.25, 0.3) is 0 Å². The first-order chi connectivity index (χ1) is 12.0. The molecule has 2 aromatic carbocycles. The van der Waals surface area contributed by atoms with Crippen LogP contribution < -0.4 is 9.64 Å². The minimum absolute atomic E-state index is 0.0795. The number of fused-ring (bicyclic) bond motifs is 1. The third-order valence-electron chi connectivity index (χ3n) is 4.18. The van der Waals surface area contributed by atoms with Crippen molar-refractivity contribution in [3.05, 3.63) is 54.1 Å². The lowest BCUT2D eigenvalue weighted by Gasteiger charge is -2.16. The third kappa shape index (κ3) is 3.54. The second kappa shape index (κ2) is 7.27. The maximum atomic E-state index is 12.3. The first-order valence-electron chi connectivity index (χ1n) is 8.41. The highest BCUT2D eigenvalue weighted by molar-refractivity contribution is 8.07. The van der Waals surface area contributed by atoms with Gasteiger partial charge in [-0.3, -0.25) is 9.69 Å². The molecule has 3 rings (SSSR count). The van der Waals surface area contributed by atoms with Gasteiger partial charge in [0.15, 0.2) is 0 Å². The van der Waals surface area contributed by atoms with Crippen molar-refractivity contribution >= 4 is 20.8 Å². The number of amides is 1. The summed E-state index contributed by atoms with van der Waals surface area (Å²) < 4.78 is 30.1. The van der Waals surface area contributed by atoms with Crippen LogP contribution in [0, 0.1) is 0 Å². The van der Waals surface area contributed by atoms with Crippen molar-refractivity contribution < 1.29 is 17.9 Å². The van der Waals surface area contributed by atoms with Crippen LogP contribution in [-0.4, -0.2) is 20.3 Å². The number of hydrogen-bond donors (Lipinski definition) is 0. The smallest absolute Gasteiger partial charge is 0.348 e. The van der Waals surface area contributed by atoms with Crippen molar-refractivity contribution in [1.82, 2.24) is 0 Å². The largest absolute Gasteiger partial charge is 0.494 e. The van der Waals surface area contributed by atoms with E-state index in [1.807, 2.05) is 24.3 Å². The van der Waals surface area contributed by atoms with Crippen LogP contribution in [0.15, 0.2) is 53.4 Å². The number of benzene rings is 2. The Bertz CT molecular complexity index is 859. The molecule has 0 radical (unpaired) electrons. The number of unbranched alkanes of at least 4 members (excludes halogenated alkanes) is 2. The summed E-state index contributed by atoms with van der Waals surface area (Å²) in [6.07, 6.45) is 3.31. The maximum Gasteiger partial charge on any atom is 0.348 e. The van der Waals surface area contributed by atoms with E-state index in [0.29, 0.717) is 12.3 Å². The van der Waals surface area contributed by atoms with Gasteiger partial charge in [0, 0.05) is 0 Å². The zero-order chi connectivity index (χ0) is 17.9. The van der Waals surface area contributed by atoms with Gasteiger partial charge in [0.2, 0.25) is 0 Å². The van der Waals surface area contributed by atoms with Crippen LogP contribution in [0.4, 0.5) is 10.5 Å². The predicted molar refractivity (Wildman–Crippen MR) is 96.7 cm³/mol. The van der Waals surface area contributed by atoms with Gasteiger partial charge in [-0.15, -0.1) is 0 Å². The highest BCUT2D eigenvalue weighted by atomic mass is 32.2. The van der Waals surface area contributed by atoms with Crippen molar-refractivity contribution in [2.75, 3.05) is 11.5 Å². The minimum atomic E-state index is -3.92. The molecule has 0 saturated heterocycles.